The van der Waals surface area contributed by atoms with Crippen molar-refractivity contribution in [1.29, 1.82) is 0 Å². The van der Waals surface area contributed by atoms with Crippen molar-refractivity contribution in [3.05, 3.63) is 35.9 Å². The summed E-state index contributed by atoms with van der Waals surface area (Å²) in [4.78, 5) is 11.5. The van der Waals surface area contributed by atoms with E-state index in [1.807, 2.05) is 37.3 Å². The molecule has 0 spiro atoms. The first-order chi connectivity index (χ1) is 7.73. The lowest BCUT2D eigenvalue weighted by atomic mass is 9.91. The highest BCUT2D eigenvalue weighted by Gasteiger charge is 2.34. The van der Waals surface area contributed by atoms with Gasteiger partial charge in [0, 0.05) is 6.42 Å². The van der Waals surface area contributed by atoms with Crippen molar-refractivity contribution in [3.63, 3.8) is 0 Å². The van der Waals surface area contributed by atoms with Gasteiger partial charge in [-0.05, 0) is 39.1 Å². The maximum atomic E-state index is 11.5. The summed E-state index contributed by atoms with van der Waals surface area (Å²) in [5.41, 5.74) is 0.593. The Morgan fingerprint density at radius 2 is 1.76 bits per heavy atom. The second kappa shape index (κ2) is 5.15. The van der Waals surface area contributed by atoms with E-state index < -0.39 is 13.9 Å². The van der Waals surface area contributed by atoms with Crippen molar-refractivity contribution < 1.29 is 9.22 Å². The van der Waals surface area contributed by atoms with Crippen LogP contribution in [0, 0.1) is 0 Å². The summed E-state index contributed by atoms with van der Waals surface area (Å²) in [5.74, 6) is 0.162. The van der Waals surface area contributed by atoms with E-state index in [9.17, 15) is 4.79 Å². The molecule has 0 bridgehead atoms. The Labute approximate surface area is 105 Å². The number of rotatable bonds is 5. The van der Waals surface area contributed by atoms with Crippen molar-refractivity contribution in [2.45, 2.75) is 45.5 Å². The van der Waals surface area contributed by atoms with Crippen LogP contribution in [0.25, 0.3) is 0 Å². The number of hydrogen-bond donors (Lipinski definition) is 0. The fourth-order valence-electron chi connectivity index (χ4n) is 2.14. The molecule has 0 saturated heterocycles. The van der Waals surface area contributed by atoms with Gasteiger partial charge in [-0.15, -0.1) is 0 Å². The van der Waals surface area contributed by atoms with Gasteiger partial charge in [0.2, 0.25) is 0 Å². The Morgan fingerprint density at radius 1 is 1.24 bits per heavy atom. The fraction of sp³-hybridized carbons (Fsp3) is 0.500. The van der Waals surface area contributed by atoms with Crippen molar-refractivity contribution >= 4 is 14.1 Å². The van der Waals surface area contributed by atoms with E-state index in [0.717, 1.165) is 5.56 Å². The van der Waals surface area contributed by atoms with Crippen LogP contribution < -0.4 is 0 Å². The van der Waals surface area contributed by atoms with Crippen molar-refractivity contribution in [3.8, 4) is 0 Å². The second-order valence-corrected chi connectivity index (χ2v) is 10.1. The van der Waals surface area contributed by atoms with Gasteiger partial charge in [-0.2, -0.15) is 0 Å². The molecule has 0 heterocycles. The molecule has 1 atom stereocenters. The topological polar surface area (TPSA) is 26.3 Å². The normalized spacial score (nSPS) is 15.4. The Bertz CT molecular complexity index is 381. The molecular weight excluding hydrogens is 228 g/mol. The quantitative estimate of drug-likeness (QED) is 0.744. The van der Waals surface area contributed by atoms with Crippen LogP contribution in [0.2, 0.25) is 19.6 Å². The minimum absolute atomic E-state index is 0.162. The molecule has 17 heavy (non-hydrogen) atoms. The van der Waals surface area contributed by atoms with Crippen LogP contribution in [-0.4, -0.2) is 14.1 Å². The molecule has 0 radical (unpaired) electrons. The molecule has 1 aromatic carbocycles. The summed E-state index contributed by atoms with van der Waals surface area (Å²) < 4.78 is 6.24. The third-order valence-electron chi connectivity index (χ3n) is 2.50. The summed E-state index contributed by atoms with van der Waals surface area (Å²) in [6.07, 6.45) is 0.432. The van der Waals surface area contributed by atoms with Gasteiger partial charge in [0.05, 0.1) is 5.60 Å². The molecule has 2 nitrogen and oxygen atoms in total. The summed E-state index contributed by atoms with van der Waals surface area (Å²) in [6, 6.07) is 10.0. The highest BCUT2D eigenvalue weighted by molar-refractivity contribution is 6.69. The van der Waals surface area contributed by atoms with E-state index in [2.05, 4.69) is 19.6 Å². The Morgan fingerprint density at radius 3 is 2.18 bits per heavy atom. The van der Waals surface area contributed by atoms with E-state index >= 15 is 0 Å². The summed E-state index contributed by atoms with van der Waals surface area (Å²) in [5, 5.41) is 0. The van der Waals surface area contributed by atoms with Crippen molar-refractivity contribution in [1.82, 2.24) is 0 Å². The molecule has 0 aliphatic rings. The molecule has 0 amide bonds. The molecule has 0 aromatic heterocycles. The SMILES string of the molecule is CC(=O)CC(C)(O[Si](C)(C)C)c1ccccc1. The average Bonchev–Trinajstić information content (AvgIpc) is 2.14. The monoisotopic (exact) mass is 250 g/mol. The zero-order valence-corrected chi connectivity index (χ0v) is 12.4. The molecule has 0 saturated carbocycles. The highest BCUT2D eigenvalue weighted by atomic mass is 28.4. The minimum atomic E-state index is -1.69. The van der Waals surface area contributed by atoms with Crippen LogP contribution in [0.1, 0.15) is 25.8 Å². The predicted octanol–water partition coefficient (Wildman–Crippen LogP) is 3.73. The Balaban J connectivity index is 3.06. The van der Waals surface area contributed by atoms with E-state index in [-0.39, 0.29) is 5.78 Å². The van der Waals surface area contributed by atoms with E-state index in [1.165, 1.54) is 0 Å². The van der Waals surface area contributed by atoms with Gasteiger partial charge in [0.1, 0.15) is 5.78 Å². The number of carbonyl (C=O) groups is 1. The van der Waals surface area contributed by atoms with Crippen molar-refractivity contribution in [2.24, 2.45) is 0 Å². The van der Waals surface area contributed by atoms with E-state index in [0.29, 0.717) is 6.42 Å². The van der Waals surface area contributed by atoms with Gasteiger partial charge in [-0.3, -0.25) is 4.79 Å². The van der Waals surface area contributed by atoms with Crippen LogP contribution in [0.5, 0.6) is 0 Å². The van der Waals surface area contributed by atoms with E-state index in [4.69, 9.17) is 4.43 Å². The lowest BCUT2D eigenvalue weighted by Crippen LogP contribution is -2.39. The maximum Gasteiger partial charge on any atom is 0.184 e. The van der Waals surface area contributed by atoms with Crippen LogP contribution >= 0.6 is 0 Å². The van der Waals surface area contributed by atoms with Gasteiger partial charge >= 0.3 is 0 Å². The number of carbonyl (C=O) groups excluding carboxylic acids is 1. The summed E-state index contributed by atoms with van der Waals surface area (Å²) >= 11 is 0. The molecule has 0 N–H and O–H groups in total. The van der Waals surface area contributed by atoms with Crippen LogP contribution in [0.15, 0.2) is 30.3 Å². The molecule has 3 heteroatoms. The van der Waals surface area contributed by atoms with Gasteiger partial charge in [0.15, 0.2) is 8.32 Å². The van der Waals surface area contributed by atoms with Crippen LogP contribution in [0.3, 0.4) is 0 Å². The van der Waals surface area contributed by atoms with Gasteiger partial charge in [0.25, 0.3) is 0 Å². The summed E-state index contributed by atoms with van der Waals surface area (Å²) in [6.45, 7) is 10.1. The first kappa shape index (κ1) is 14.1. The lowest BCUT2D eigenvalue weighted by molar-refractivity contribution is -0.121. The zero-order valence-electron chi connectivity index (χ0n) is 11.4. The lowest BCUT2D eigenvalue weighted by Gasteiger charge is -2.36. The van der Waals surface area contributed by atoms with E-state index in [1.54, 1.807) is 6.92 Å². The molecule has 1 rings (SSSR count). The van der Waals surface area contributed by atoms with Gasteiger partial charge < -0.3 is 4.43 Å². The number of ketones is 1. The molecule has 0 aliphatic heterocycles. The second-order valence-electron chi connectivity index (χ2n) is 5.69. The molecular formula is C14H22O2Si. The molecule has 0 fully saturated rings. The smallest absolute Gasteiger partial charge is 0.184 e. The third kappa shape index (κ3) is 4.44. The third-order valence-corrected chi connectivity index (χ3v) is 3.57. The predicted molar refractivity (Wildman–Crippen MR) is 73.5 cm³/mol. The van der Waals surface area contributed by atoms with Crippen molar-refractivity contribution in [2.75, 3.05) is 0 Å². The van der Waals surface area contributed by atoms with Crippen LogP contribution in [0.4, 0.5) is 0 Å². The molecule has 1 unspecified atom stereocenters. The first-order valence-corrected chi connectivity index (χ1v) is 9.39. The average molecular weight is 250 g/mol. The molecule has 94 valence electrons. The fourth-order valence-corrected chi connectivity index (χ4v) is 3.68. The largest absolute Gasteiger partial charge is 0.408 e. The Hall–Kier alpha value is -0.933. The van der Waals surface area contributed by atoms with Crippen LogP contribution in [-0.2, 0) is 14.8 Å². The zero-order chi connectivity index (χ0) is 13.1. The number of hydrogen-bond acceptors (Lipinski definition) is 2. The van der Waals surface area contributed by atoms with Gasteiger partial charge in [-0.1, -0.05) is 30.3 Å². The summed E-state index contributed by atoms with van der Waals surface area (Å²) in [7, 11) is -1.69. The van der Waals surface area contributed by atoms with Gasteiger partial charge in [-0.25, -0.2) is 0 Å². The maximum absolute atomic E-state index is 11.5. The number of Topliss-reactive ketones (excluding diaryl/α,β-unsaturated/α-hetero) is 1. The Kier molecular flexibility index (Phi) is 4.28. The first-order valence-electron chi connectivity index (χ1n) is 5.98. The highest BCUT2D eigenvalue weighted by Crippen LogP contribution is 2.32. The standard InChI is InChI=1S/C14H22O2Si/c1-12(15)11-14(2,16-17(3,4)5)13-9-7-6-8-10-13/h6-10H,11H2,1-5H3. The number of benzene rings is 1. The molecule has 0 aliphatic carbocycles. The molecule has 1 aromatic rings. The minimum Gasteiger partial charge on any atom is -0.408 e.